The number of anilines is 1. The van der Waals surface area contributed by atoms with Crippen LogP contribution in [-0.2, 0) is 19.5 Å². The van der Waals surface area contributed by atoms with Gasteiger partial charge < -0.3 is 18.9 Å². The number of nitrogens with one attached hydrogen (secondary N) is 1. The molecular formula is C27H38N6O6S. The second-order valence-corrected chi connectivity index (χ2v) is 12.7. The number of benzene rings is 1. The van der Waals surface area contributed by atoms with Crippen LogP contribution in [0, 0.1) is 6.92 Å². The fourth-order valence-electron chi connectivity index (χ4n) is 4.61. The molecule has 2 aromatic heterocycles. The summed E-state index contributed by atoms with van der Waals surface area (Å²) in [5.41, 5.74) is 0.933. The van der Waals surface area contributed by atoms with Gasteiger partial charge in [0.25, 0.3) is 0 Å². The lowest BCUT2D eigenvalue weighted by Gasteiger charge is -2.26. The zero-order valence-electron chi connectivity index (χ0n) is 24.2. The van der Waals surface area contributed by atoms with E-state index < -0.39 is 27.5 Å². The average Bonchev–Trinajstić information content (AvgIpc) is 3.48. The van der Waals surface area contributed by atoms with Crippen molar-refractivity contribution in [2.24, 2.45) is 0 Å². The Labute approximate surface area is 235 Å². The number of hydrogen-bond donors (Lipinski definition) is 1. The zero-order chi connectivity index (χ0) is 29.2. The lowest BCUT2D eigenvalue weighted by atomic mass is 10.1. The van der Waals surface area contributed by atoms with Crippen LogP contribution < -0.4 is 14.2 Å². The highest BCUT2D eigenvalue weighted by Gasteiger charge is 2.39. The number of hydrogen-bond acceptors (Lipinski definition) is 10. The van der Waals surface area contributed by atoms with Gasteiger partial charge in [0.05, 0.1) is 25.9 Å². The van der Waals surface area contributed by atoms with Crippen molar-refractivity contribution < 1.29 is 27.4 Å². The van der Waals surface area contributed by atoms with Gasteiger partial charge in [-0.1, -0.05) is 6.07 Å². The summed E-state index contributed by atoms with van der Waals surface area (Å²) in [6, 6.07) is 5.29. The van der Waals surface area contributed by atoms with Crippen LogP contribution in [0.15, 0.2) is 30.6 Å². The largest absolute Gasteiger partial charge is 0.494 e. The fraction of sp³-hybridized carbons (Fsp3) is 0.556. The Balaban J connectivity index is 1.80. The highest BCUT2D eigenvalue weighted by Crippen LogP contribution is 2.43. The second kappa shape index (κ2) is 11.7. The summed E-state index contributed by atoms with van der Waals surface area (Å²) in [5.74, 6) is 1.55. The van der Waals surface area contributed by atoms with E-state index in [4.69, 9.17) is 18.9 Å². The molecule has 12 nitrogen and oxygen atoms in total. The van der Waals surface area contributed by atoms with E-state index in [1.165, 1.54) is 14.2 Å². The van der Waals surface area contributed by atoms with Gasteiger partial charge in [-0.3, -0.25) is 9.29 Å². The lowest BCUT2D eigenvalue weighted by Crippen LogP contribution is -2.35. The van der Waals surface area contributed by atoms with Crippen molar-refractivity contribution >= 4 is 16.0 Å². The van der Waals surface area contributed by atoms with E-state index in [1.807, 2.05) is 34.6 Å². The zero-order valence-corrected chi connectivity index (χ0v) is 25.0. The number of sulfonamides is 1. The van der Waals surface area contributed by atoms with Crippen molar-refractivity contribution in [2.45, 2.75) is 83.5 Å². The van der Waals surface area contributed by atoms with E-state index in [2.05, 4.69) is 24.9 Å². The molecule has 0 bridgehead atoms. The monoisotopic (exact) mass is 574 g/mol. The van der Waals surface area contributed by atoms with Crippen LogP contribution in [0.3, 0.4) is 0 Å². The molecule has 13 heteroatoms. The molecule has 3 heterocycles. The van der Waals surface area contributed by atoms with Crippen molar-refractivity contribution in [1.29, 1.82) is 0 Å². The first-order valence-corrected chi connectivity index (χ1v) is 14.7. The first-order chi connectivity index (χ1) is 18.9. The maximum absolute atomic E-state index is 13.9. The summed E-state index contributed by atoms with van der Waals surface area (Å²) < 4.78 is 55.5. The van der Waals surface area contributed by atoms with Gasteiger partial charge in [0, 0.05) is 12.4 Å². The average molecular weight is 575 g/mol. The summed E-state index contributed by atoms with van der Waals surface area (Å²) in [7, 11) is -1.07. The van der Waals surface area contributed by atoms with Crippen LogP contribution in [0.4, 0.5) is 5.95 Å². The van der Waals surface area contributed by atoms with Crippen molar-refractivity contribution in [3.8, 4) is 17.2 Å². The summed E-state index contributed by atoms with van der Waals surface area (Å²) in [6.07, 6.45) is 3.11. The van der Waals surface area contributed by atoms with Crippen LogP contribution in [0.2, 0.25) is 0 Å². The molecule has 1 fully saturated rings. The number of aryl methyl sites for hydroxylation is 1. The topological polar surface area (TPSA) is 140 Å². The third-order valence-corrected chi connectivity index (χ3v) is 8.39. The first kappa shape index (κ1) is 29.7. The van der Waals surface area contributed by atoms with Gasteiger partial charge in [-0.05, 0) is 72.1 Å². The van der Waals surface area contributed by atoms with Crippen LogP contribution in [0.5, 0.6) is 11.5 Å². The van der Waals surface area contributed by atoms with Crippen molar-refractivity contribution in [3.05, 3.63) is 47.8 Å². The molecule has 0 amide bonds. The van der Waals surface area contributed by atoms with Gasteiger partial charge in [-0.2, -0.15) is 0 Å². The number of nitrogens with zero attached hydrogens (tertiary/aromatic N) is 5. The molecule has 1 saturated heterocycles. The van der Waals surface area contributed by atoms with E-state index in [-0.39, 0.29) is 23.5 Å². The normalized spacial score (nSPS) is 18.5. The van der Waals surface area contributed by atoms with Gasteiger partial charge in [-0.25, -0.2) is 18.4 Å². The maximum atomic E-state index is 13.9. The number of para-hydroxylation sites is 1. The van der Waals surface area contributed by atoms with Gasteiger partial charge >= 0.3 is 0 Å². The minimum absolute atomic E-state index is 0.0360. The molecule has 3 aromatic rings. The SMILES string of the molecule is COc1cccc(OC)c1-n1c(NS(=O)(=O)C(C)C(OC(C)C)c2ncc(C)cn2)nnc1[C@@H]1CCC(C)(C)O1. The van der Waals surface area contributed by atoms with Crippen molar-refractivity contribution in [1.82, 2.24) is 24.7 Å². The molecule has 1 aliphatic heterocycles. The van der Waals surface area contributed by atoms with Crippen LogP contribution >= 0.6 is 0 Å². The van der Waals surface area contributed by atoms with Crippen LogP contribution in [0.1, 0.15) is 76.9 Å². The van der Waals surface area contributed by atoms with Crippen LogP contribution in [0.25, 0.3) is 5.69 Å². The highest BCUT2D eigenvalue weighted by atomic mass is 32.2. The quantitative estimate of drug-likeness (QED) is 0.352. The third kappa shape index (κ3) is 6.21. The smallest absolute Gasteiger partial charge is 0.243 e. The van der Waals surface area contributed by atoms with E-state index in [9.17, 15) is 8.42 Å². The highest BCUT2D eigenvalue weighted by molar-refractivity contribution is 7.93. The number of methoxy groups -OCH3 is 2. The van der Waals surface area contributed by atoms with E-state index in [0.29, 0.717) is 29.4 Å². The molecular weight excluding hydrogens is 536 g/mol. The Hall–Kier alpha value is -3.29. The molecule has 40 heavy (non-hydrogen) atoms. The number of rotatable bonds is 11. The molecule has 1 aromatic carbocycles. The maximum Gasteiger partial charge on any atom is 0.243 e. The molecule has 1 aliphatic rings. The molecule has 218 valence electrons. The predicted octanol–water partition coefficient (Wildman–Crippen LogP) is 4.31. The summed E-state index contributed by atoms with van der Waals surface area (Å²) in [6.45, 7) is 11.1. The first-order valence-electron chi connectivity index (χ1n) is 13.2. The third-order valence-electron chi connectivity index (χ3n) is 6.69. The summed E-state index contributed by atoms with van der Waals surface area (Å²) in [5, 5.41) is 7.57. The molecule has 2 unspecified atom stereocenters. The molecule has 0 aliphatic carbocycles. The van der Waals surface area contributed by atoms with E-state index in [1.54, 1.807) is 42.1 Å². The summed E-state index contributed by atoms with van der Waals surface area (Å²) >= 11 is 0. The van der Waals surface area contributed by atoms with Crippen molar-refractivity contribution in [3.63, 3.8) is 0 Å². The van der Waals surface area contributed by atoms with E-state index >= 15 is 0 Å². The molecule has 0 saturated carbocycles. The Morgan fingerprint density at radius 3 is 2.23 bits per heavy atom. The number of aromatic nitrogens is 5. The standard InChI is InChI=1S/C27H38N6O6S/c1-16(2)38-23(24-28-14-17(3)15-29-24)18(4)40(34,35)32-26-31-30-25(21-12-13-27(5,6)39-21)33(26)22-19(36-7)10-9-11-20(22)37-8/h9-11,14-16,18,21,23H,12-13H2,1-8H3,(H,31,32)/t18?,21-,23?/m0/s1. The molecule has 0 spiro atoms. The van der Waals surface area contributed by atoms with Crippen LogP contribution in [-0.4, -0.2) is 64.3 Å². The Morgan fingerprint density at radius 1 is 1.07 bits per heavy atom. The Kier molecular flexibility index (Phi) is 8.66. The molecule has 4 rings (SSSR count). The Morgan fingerprint density at radius 2 is 1.70 bits per heavy atom. The predicted molar refractivity (Wildman–Crippen MR) is 149 cm³/mol. The lowest BCUT2D eigenvalue weighted by molar-refractivity contribution is -0.0207. The van der Waals surface area contributed by atoms with Gasteiger partial charge in [-0.15, -0.1) is 10.2 Å². The summed E-state index contributed by atoms with van der Waals surface area (Å²) in [4.78, 5) is 8.69. The van der Waals surface area contributed by atoms with Crippen molar-refractivity contribution in [2.75, 3.05) is 18.9 Å². The minimum Gasteiger partial charge on any atom is -0.494 e. The van der Waals surface area contributed by atoms with Gasteiger partial charge in [0.1, 0.15) is 34.6 Å². The fourth-order valence-corrected chi connectivity index (χ4v) is 5.70. The van der Waals surface area contributed by atoms with Gasteiger partial charge in [0.15, 0.2) is 11.6 Å². The second-order valence-electron chi connectivity index (χ2n) is 10.7. The number of ether oxygens (including phenoxy) is 4. The molecule has 1 N–H and O–H groups in total. The Bertz CT molecular complexity index is 1400. The van der Waals surface area contributed by atoms with E-state index in [0.717, 1.165) is 12.0 Å². The molecule has 0 radical (unpaired) electrons. The molecule has 3 atom stereocenters. The van der Waals surface area contributed by atoms with Gasteiger partial charge in [0.2, 0.25) is 16.0 Å². The minimum atomic E-state index is -4.12.